The number of nitrogens with zero attached hydrogens (tertiary/aromatic N) is 4. The van der Waals surface area contributed by atoms with Gasteiger partial charge in [0.25, 0.3) is 10.0 Å². The molecule has 0 atom stereocenters. The van der Waals surface area contributed by atoms with Gasteiger partial charge in [0.1, 0.15) is 10.6 Å². The molecule has 0 saturated carbocycles. The Morgan fingerprint density at radius 2 is 2.08 bits per heavy atom. The molecule has 0 bridgehead atoms. The smallest absolute Gasteiger partial charge is 0.265 e. The number of aromatic nitrogens is 4. The quantitative estimate of drug-likeness (QED) is 0.720. The number of nitrogens with one attached hydrogen (secondary N) is 1. The summed E-state index contributed by atoms with van der Waals surface area (Å²) in [6.45, 7) is 0.120. The van der Waals surface area contributed by atoms with Crippen molar-refractivity contribution in [1.82, 2.24) is 19.6 Å². The van der Waals surface area contributed by atoms with E-state index in [1.54, 1.807) is 31.3 Å². The Morgan fingerprint density at radius 3 is 2.79 bits per heavy atom. The maximum atomic E-state index is 12.2. The van der Waals surface area contributed by atoms with Gasteiger partial charge in [-0.3, -0.25) is 9.40 Å². The molecule has 126 valence electrons. The van der Waals surface area contributed by atoms with Gasteiger partial charge in [-0.25, -0.2) is 13.1 Å². The maximum Gasteiger partial charge on any atom is 0.265 e. The number of ether oxygens (including phenoxy) is 1. The van der Waals surface area contributed by atoms with Crippen LogP contribution in [0.5, 0.6) is 5.75 Å². The number of halogens is 1. The van der Waals surface area contributed by atoms with E-state index in [0.29, 0.717) is 16.5 Å². The van der Waals surface area contributed by atoms with Gasteiger partial charge in [-0.2, -0.15) is 10.2 Å². The van der Waals surface area contributed by atoms with Gasteiger partial charge in [0.2, 0.25) is 0 Å². The first-order chi connectivity index (χ1) is 11.4. The third kappa shape index (κ3) is 3.87. The monoisotopic (exact) mass is 367 g/mol. The highest BCUT2D eigenvalue weighted by Crippen LogP contribution is 2.18. The molecule has 3 aromatic rings. The molecule has 0 radical (unpaired) electrons. The second kappa shape index (κ2) is 6.54. The first kappa shape index (κ1) is 16.3. The molecule has 1 aromatic carbocycles. The number of rotatable bonds is 6. The number of sulfonamides is 1. The second-order valence-electron chi connectivity index (χ2n) is 4.95. The van der Waals surface area contributed by atoms with Crippen LogP contribution in [0.25, 0.3) is 0 Å². The van der Waals surface area contributed by atoms with Gasteiger partial charge < -0.3 is 4.74 Å². The van der Waals surface area contributed by atoms with Crippen LogP contribution in [0.15, 0.2) is 53.9 Å². The average molecular weight is 368 g/mol. The third-order valence-corrected chi connectivity index (χ3v) is 4.61. The Balaban J connectivity index is 1.65. The van der Waals surface area contributed by atoms with Crippen LogP contribution < -0.4 is 9.46 Å². The van der Waals surface area contributed by atoms with Crippen molar-refractivity contribution in [2.24, 2.45) is 7.05 Å². The molecule has 8 nitrogen and oxygen atoms in total. The van der Waals surface area contributed by atoms with Gasteiger partial charge in [-0.15, -0.1) is 0 Å². The fourth-order valence-corrected chi connectivity index (χ4v) is 3.13. The minimum Gasteiger partial charge on any atom is -0.471 e. The molecule has 10 heteroatoms. The average Bonchev–Trinajstić information content (AvgIpc) is 3.14. The summed E-state index contributed by atoms with van der Waals surface area (Å²) in [5, 5.41) is 8.46. The highest BCUT2D eigenvalue weighted by atomic mass is 35.5. The zero-order valence-corrected chi connectivity index (χ0v) is 14.2. The third-order valence-electron chi connectivity index (χ3n) is 3.04. The summed E-state index contributed by atoms with van der Waals surface area (Å²) in [6.07, 6.45) is 5.61. The van der Waals surface area contributed by atoms with Crippen LogP contribution in [-0.4, -0.2) is 28.0 Å². The minimum absolute atomic E-state index is 0.0768. The van der Waals surface area contributed by atoms with Crippen LogP contribution in [0, 0.1) is 0 Å². The first-order valence-corrected chi connectivity index (χ1v) is 8.71. The van der Waals surface area contributed by atoms with Gasteiger partial charge in [0, 0.05) is 18.3 Å². The van der Waals surface area contributed by atoms with Crippen LogP contribution in [0.1, 0.15) is 0 Å². The SMILES string of the molecule is Cn1cc(S(=O)(=O)Nc2cnn(COc3cccc(Cl)c3)c2)cn1. The Labute approximate surface area is 143 Å². The summed E-state index contributed by atoms with van der Waals surface area (Å²) in [5.41, 5.74) is 0.327. The van der Waals surface area contributed by atoms with Gasteiger partial charge in [0.05, 0.1) is 24.3 Å². The zero-order chi connectivity index (χ0) is 17.2. The number of aryl methyl sites for hydroxylation is 1. The normalized spacial score (nSPS) is 11.4. The highest BCUT2D eigenvalue weighted by Gasteiger charge is 2.17. The predicted molar refractivity (Wildman–Crippen MR) is 88.3 cm³/mol. The lowest BCUT2D eigenvalue weighted by molar-refractivity contribution is 0.221. The van der Waals surface area contributed by atoms with E-state index in [-0.39, 0.29) is 11.6 Å². The van der Waals surface area contributed by atoms with E-state index >= 15 is 0 Å². The van der Waals surface area contributed by atoms with E-state index in [1.165, 1.54) is 34.2 Å². The van der Waals surface area contributed by atoms with Crippen LogP contribution in [0.2, 0.25) is 5.02 Å². The van der Waals surface area contributed by atoms with Crippen molar-refractivity contribution in [3.63, 3.8) is 0 Å². The molecule has 0 saturated heterocycles. The summed E-state index contributed by atoms with van der Waals surface area (Å²) in [5.74, 6) is 0.593. The van der Waals surface area contributed by atoms with Crippen LogP contribution in [0.4, 0.5) is 5.69 Å². The van der Waals surface area contributed by atoms with Crippen molar-refractivity contribution in [3.8, 4) is 5.75 Å². The van der Waals surface area contributed by atoms with Gasteiger partial charge in [0.15, 0.2) is 6.73 Å². The molecule has 2 heterocycles. The van der Waals surface area contributed by atoms with E-state index in [0.717, 1.165) is 0 Å². The van der Waals surface area contributed by atoms with Gasteiger partial charge in [-0.05, 0) is 18.2 Å². The topological polar surface area (TPSA) is 91.0 Å². The number of hydrogen-bond acceptors (Lipinski definition) is 5. The lowest BCUT2D eigenvalue weighted by atomic mass is 10.3. The fraction of sp³-hybridized carbons (Fsp3) is 0.143. The summed E-state index contributed by atoms with van der Waals surface area (Å²) in [6, 6.07) is 6.96. The molecule has 0 fully saturated rings. The van der Waals surface area contributed by atoms with E-state index in [1.807, 2.05) is 0 Å². The Kier molecular flexibility index (Phi) is 4.45. The summed E-state index contributed by atoms with van der Waals surface area (Å²) < 4.78 is 35.2. The molecule has 24 heavy (non-hydrogen) atoms. The lowest BCUT2D eigenvalue weighted by Crippen LogP contribution is -2.12. The predicted octanol–water partition coefficient (Wildman–Crippen LogP) is 2.11. The summed E-state index contributed by atoms with van der Waals surface area (Å²) in [4.78, 5) is 0.0768. The maximum absolute atomic E-state index is 12.2. The van der Waals surface area contributed by atoms with E-state index < -0.39 is 10.0 Å². The van der Waals surface area contributed by atoms with E-state index in [2.05, 4.69) is 14.9 Å². The number of benzene rings is 1. The van der Waals surface area contributed by atoms with Crippen molar-refractivity contribution >= 4 is 27.3 Å². The van der Waals surface area contributed by atoms with Crippen molar-refractivity contribution < 1.29 is 13.2 Å². The van der Waals surface area contributed by atoms with Gasteiger partial charge in [-0.1, -0.05) is 17.7 Å². The van der Waals surface area contributed by atoms with Crippen LogP contribution >= 0.6 is 11.6 Å². The van der Waals surface area contributed by atoms with Crippen molar-refractivity contribution in [3.05, 3.63) is 54.1 Å². The highest BCUT2D eigenvalue weighted by molar-refractivity contribution is 7.92. The van der Waals surface area contributed by atoms with E-state index in [9.17, 15) is 8.42 Å². The Morgan fingerprint density at radius 1 is 1.25 bits per heavy atom. The molecule has 0 spiro atoms. The Hall–Kier alpha value is -2.52. The largest absolute Gasteiger partial charge is 0.471 e. The van der Waals surface area contributed by atoms with Crippen LogP contribution in [-0.2, 0) is 23.8 Å². The molecule has 1 N–H and O–H groups in total. The number of anilines is 1. The van der Waals surface area contributed by atoms with Gasteiger partial charge >= 0.3 is 0 Å². The lowest BCUT2D eigenvalue weighted by Gasteiger charge is -2.06. The van der Waals surface area contributed by atoms with Crippen molar-refractivity contribution in [1.29, 1.82) is 0 Å². The summed E-state index contributed by atoms with van der Waals surface area (Å²) in [7, 11) is -2.05. The molecule has 3 rings (SSSR count). The fourth-order valence-electron chi connectivity index (χ4n) is 1.94. The molecule has 0 aliphatic heterocycles. The summed E-state index contributed by atoms with van der Waals surface area (Å²) >= 11 is 5.88. The first-order valence-electron chi connectivity index (χ1n) is 6.85. The van der Waals surface area contributed by atoms with Crippen molar-refractivity contribution in [2.45, 2.75) is 11.6 Å². The molecule has 0 aliphatic rings. The molecule has 0 amide bonds. The molecule has 0 unspecified atom stereocenters. The molecular weight excluding hydrogens is 354 g/mol. The number of hydrogen-bond donors (Lipinski definition) is 1. The van der Waals surface area contributed by atoms with E-state index in [4.69, 9.17) is 16.3 Å². The second-order valence-corrected chi connectivity index (χ2v) is 7.07. The zero-order valence-electron chi connectivity index (χ0n) is 12.6. The molecule has 0 aliphatic carbocycles. The van der Waals surface area contributed by atoms with Crippen molar-refractivity contribution in [2.75, 3.05) is 4.72 Å². The molecular formula is C14H14ClN5O3S. The Bertz CT molecular complexity index is 951. The molecule has 2 aromatic heterocycles. The minimum atomic E-state index is -3.70. The van der Waals surface area contributed by atoms with Crippen LogP contribution in [0.3, 0.4) is 0 Å². The standard InChI is InChI=1S/C14H14ClN5O3S/c1-19-9-14(7-16-19)24(21,22)18-12-6-17-20(8-12)10-23-13-4-2-3-11(15)5-13/h2-9,18H,10H2,1H3.